The lowest BCUT2D eigenvalue weighted by molar-refractivity contribution is -0.132. The number of nitrogens with zero attached hydrogens (tertiary/aromatic N) is 1. The maximum atomic E-state index is 11.4. The number of thioether (sulfide) groups is 1. The summed E-state index contributed by atoms with van der Waals surface area (Å²) in [7, 11) is 0. The number of carbonyl (C=O) groups is 1. The van der Waals surface area contributed by atoms with Gasteiger partial charge < -0.3 is 15.4 Å². The van der Waals surface area contributed by atoms with Gasteiger partial charge in [0.15, 0.2) is 5.17 Å². The number of hydrogen-bond acceptors (Lipinski definition) is 4. The first-order valence-electron chi connectivity index (χ1n) is 4.02. The van der Waals surface area contributed by atoms with E-state index in [0.717, 1.165) is 11.8 Å². The highest BCUT2D eigenvalue weighted by atomic mass is 32.2. The maximum Gasteiger partial charge on any atom is 0.233 e. The van der Waals surface area contributed by atoms with Crippen LogP contribution in [0.4, 0.5) is 0 Å². The largest absolute Gasteiger partial charge is 0.379 e. The van der Waals surface area contributed by atoms with Crippen LogP contribution in [0.2, 0.25) is 0 Å². The summed E-state index contributed by atoms with van der Waals surface area (Å²) in [6.45, 7) is 2.52. The van der Waals surface area contributed by atoms with E-state index in [1.807, 2.05) is 0 Å². The highest BCUT2D eigenvalue weighted by Crippen LogP contribution is 2.03. The molecule has 5 nitrogen and oxygen atoms in total. The van der Waals surface area contributed by atoms with E-state index in [1.54, 1.807) is 4.90 Å². The third-order valence-corrected chi connectivity index (χ3v) is 2.42. The molecule has 0 bridgehead atoms. The summed E-state index contributed by atoms with van der Waals surface area (Å²) in [5, 5.41) is 6.93. The maximum absolute atomic E-state index is 11.4. The van der Waals surface area contributed by atoms with Crippen molar-refractivity contribution in [2.24, 2.45) is 5.73 Å². The molecule has 1 fully saturated rings. The van der Waals surface area contributed by atoms with Crippen LogP contribution in [0.15, 0.2) is 0 Å². The SMILES string of the molecule is N=C(N)SCC(=O)N1CCOCC1. The van der Waals surface area contributed by atoms with Gasteiger partial charge in [0.25, 0.3) is 0 Å². The molecule has 1 saturated heterocycles. The smallest absolute Gasteiger partial charge is 0.233 e. The third-order valence-electron chi connectivity index (χ3n) is 1.71. The zero-order valence-corrected chi connectivity index (χ0v) is 8.10. The number of morpholine rings is 1. The first-order chi connectivity index (χ1) is 6.20. The van der Waals surface area contributed by atoms with Gasteiger partial charge in [-0.1, -0.05) is 11.8 Å². The molecule has 0 radical (unpaired) electrons. The number of nitrogens with two attached hydrogens (primary N) is 1. The van der Waals surface area contributed by atoms with Crippen LogP contribution in [0.1, 0.15) is 0 Å². The fourth-order valence-electron chi connectivity index (χ4n) is 1.04. The Morgan fingerprint density at radius 3 is 2.69 bits per heavy atom. The molecule has 0 spiro atoms. The molecule has 3 N–H and O–H groups in total. The van der Waals surface area contributed by atoms with Crippen LogP contribution >= 0.6 is 11.8 Å². The van der Waals surface area contributed by atoms with Gasteiger partial charge in [-0.2, -0.15) is 0 Å². The minimum Gasteiger partial charge on any atom is -0.379 e. The number of amides is 1. The summed E-state index contributed by atoms with van der Waals surface area (Å²) >= 11 is 1.06. The monoisotopic (exact) mass is 203 g/mol. The second-order valence-corrected chi connectivity index (χ2v) is 3.66. The van der Waals surface area contributed by atoms with Crippen molar-refractivity contribution in [1.82, 2.24) is 4.90 Å². The summed E-state index contributed by atoms with van der Waals surface area (Å²) in [4.78, 5) is 13.1. The molecule has 0 aromatic rings. The Morgan fingerprint density at radius 1 is 1.54 bits per heavy atom. The Balaban J connectivity index is 2.25. The molecular formula is C7H13N3O2S. The van der Waals surface area contributed by atoms with Crippen LogP contribution in [0.25, 0.3) is 0 Å². The molecule has 0 aromatic carbocycles. The quantitative estimate of drug-likeness (QED) is 0.467. The van der Waals surface area contributed by atoms with E-state index in [2.05, 4.69) is 0 Å². The summed E-state index contributed by atoms with van der Waals surface area (Å²) in [6, 6.07) is 0. The molecule has 0 atom stereocenters. The van der Waals surface area contributed by atoms with Crippen LogP contribution in [0.3, 0.4) is 0 Å². The molecule has 1 amide bonds. The predicted molar refractivity (Wildman–Crippen MR) is 51.8 cm³/mol. The fraction of sp³-hybridized carbons (Fsp3) is 0.714. The first kappa shape index (κ1) is 10.3. The molecule has 1 rings (SSSR count). The molecule has 0 aliphatic carbocycles. The van der Waals surface area contributed by atoms with Crippen molar-refractivity contribution >= 4 is 22.8 Å². The lowest BCUT2D eigenvalue weighted by Gasteiger charge is -2.26. The highest BCUT2D eigenvalue weighted by Gasteiger charge is 2.16. The second kappa shape index (κ2) is 5.08. The highest BCUT2D eigenvalue weighted by molar-refractivity contribution is 8.14. The van der Waals surface area contributed by atoms with Crippen LogP contribution in [-0.4, -0.2) is 48.0 Å². The van der Waals surface area contributed by atoms with E-state index in [4.69, 9.17) is 15.9 Å². The summed E-state index contributed by atoms with van der Waals surface area (Å²) < 4.78 is 5.11. The number of ether oxygens (including phenoxy) is 1. The van der Waals surface area contributed by atoms with Crippen molar-refractivity contribution in [3.8, 4) is 0 Å². The minimum atomic E-state index is -0.0124. The van der Waals surface area contributed by atoms with Gasteiger partial charge >= 0.3 is 0 Å². The predicted octanol–water partition coefficient (Wildman–Crippen LogP) is -0.528. The standard InChI is InChI=1S/C7H13N3O2S/c8-7(9)13-5-6(11)10-1-3-12-4-2-10/h1-5H2,(H3,8,9). The van der Waals surface area contributed by atoms with E-state index < -0.39 is 0 Å². The van der Waals surface area contributed by atoms with Crippen molar-refractivity contribution < 1.29 is 9.53 Å². The van der Waals surface area contributed by atoms with Gasteiger partial charge in [-0.15, -0.1) is 0 Å². The molecule has 1 aliphatic heterocycles. The molecule has 0 saturated carbocycles. The Morgan fingerprint density at radius 2 is 2.15 bits per heavy atom. The van der Waals surface area contributed by atoms with E-state index >= 15 is 0 Å². The van der Waals surface area contributed by atoms with Crippen LogP contribution in [-0.2, 0) is 9.53 Å². The van der Waals surface area contributed by atoms with Crippen molar-refractivity contribution in [2.75, 3.05) is 32.1 Å². The van der Waals surface area contributed by atoms with Gasteiger partial charge in [0, 0.05) is 13.1 Å². The van der Waals surface area contributed by atoms with Gasteiger partial charge in [0.2, 0.25) is 5.91 Å². The summed E-state index contributed by atoms with van der Waals surface area (Å²) in [6.07, 6.45) is 0. The van der Waals surface area contributed by atoms with Gasteiger partial charge in [-0.25, -0.2) is 0 Å². The molecule has 0 unspecified atom stereocenters. The zero-order chi connectivity index (χ0) is 9.68. The lowest BCUT2D eigenvalue weighted by atomic mass is 10.4. The molecule has 6 heteroatoms. The van der Waals surface area contributed by atoms with E-state index in [1.165, 1.54) is 0 Å². The number of nitrogens with one attached hydrogen (secondary N) is 1. The first-order valence-corrected chi connectivity index (χ1v) is 5.01. The second-order valence-electron chi connectivity index (χ2n) is 2.65. The molecular weight excluding hydrogens is 190 g/mol. The average molecular weight is 203 g/mol. The molecule has 13 heavy (non-hydrogen) atoms. The number of amidine groups is 1. The number of rotatable bonds is 2. The number of carbonyl (C=O) groups excluding carboxylic acids is 1. The Kier molecular flexibility index (Phi) is 4.04. The van der Waals surface area contributed by atoms with Crippen molar-refractivity contribution in [3.63, 3.8) is 0 Å². The van der Waals surface area contributed by atoms with E-state index in [9.17, 15) is 4.79 Å². The summed E-state index contributed by atoms with van der Waals surface area (Å²) in [5.41, 5.74) is 5.12. The Labute approximate surface area is 81.1 Å². The number of hydrogen-bond donors (Lipinski definition) is 2. The molecule has 1 heterocycles. The van der Waals surface area contributed by atoms with Crippen molar-refractivity contribution in [2.45, 2.75) is 0 Å². The van der Waals surface area contributed by atoms with Gasteiger partial charge in [-0.05, 0) is 0 Å². The van der Waals surface area contributed by atoms with Crippen LogP contribution in [0.5, 0.6) is 0 Å². The van der Waals surface area contributed by atoms with Crippen LogP contribution < -0.4 is 5.73 Å². The van der Waals surface area contributed by atoms with E-state index in [0.29, 0.717) is 26.3 Å². The third kappa shape index (κ3) is 3.65. The van der Waals surface area contributed by atoms with Gasteiger partial charge in [0.05, 0.1) is 19.0 Å². The van der Waals surface area contributed by atoms with Crippen molar-refractivity contribution in [1.29, 1.82) is 5.41 Å². The summed E-state index contributed by atoms with van der Waals surface area (Å²) in [5.74, 6) is 0.290. The Bertz CT molecular complexity index is 204. The van der Waals surface area contributed by atoms with E-state index in [-0.39, 0.29) is 16.8 Å². The Hall–Kier alpha value is -0.750. The average Bonchev–Trinajstić information content (AvgIpc) is 2.15. The molecule has 0 aromatic heterocycles. The minimum absolute atomic E-state index is 0.0124. The molecule has 74 valence electrons. The normalized spacial score (nSPS) is 17.1. The van der Waals surface area contributed by atoms with Crippen LogP contribution in [0, 0.1) is 5.41 Å². The van der Waals surface area contributed by atoms with Gasteiger partial charge in [-0.3, -0.25) is 10.2 Å². The fourth-order valence-corrected chi connectivity index (χ4v) is 1.51. The topological polar surface area (TPSA) is 79.4 Å². The van der Waals surface area contributed by atoms with Crippen molar-refractivity contribution in [3.05, 3.63) is 0 Å². The lowest BCUT2D eigenvalue weighted by Crippen LogP contribution is -2.41. The van der Waals surface area contributed by atoms with Gasteiger partial charge in [0.1, 0.15) is 0 Å². The zero-order valence-electron chi connectivity index (χ0n) is 7.28. The molecule has 1 aliphatic rings.